The largest absolute Gasteiger partial charge is 0.353 e. The second-order valence-electron chi connectivity index (χ2n) is 5.44. The SMILES string of the molecule is Cc1c(C(=O)N(C)Cc2cccn2C)[nH]c2ccccc12. The number of nitrogens with zero attached hydrogens (tertiary/aromatic N) is 2. The van der Waals surface area contributed by atoms with E-state index in [1.807, 2.05) is 68.2 Å². The molecule has 2 aromatic heterocycles. The van der Waals surface area contributed by atoms with E-state index < -0.39 is 0 Å². The van der Waals surface area contributed by atoms with E-state index in [4.69, 9.17) is 0 Å². The number of aromatic nitrogens is 2. The van der Waals surface area contributed by atoms with Crippen LogP contribution in [0.5, 0.6) is 0 Å². The summed E-state index contributed by atoms with van der Waals surface area (Å²) in [4.78, 5) is 17.6. The molecule has 21 heavy (non-hydrogen) atoms. The van der Waals surface area contributed by atoms with Crippen molar-refractivity contribution < 1.29 is 4.79 Å². The predicted octanol–water partition coefficient (Wildman–Crippen LogP) is 3.09. The molecular weight excluding hydrogens is 262 g/mol. The van der Waals surface area contributed by atoms with Crippen LogP contribution in [-0.2, 0) is 13.6 Å². The molecule has 0 aliphatic rings. The lowest BCUT2D eigenvalue weighted by atomic mass is 10.1. The van der Waals surface area contributed by atoms with E-state index in [1.54, 1.807) is 4.90 Å². The second kappa shape index (κ2) is 5.13. The third-order valence-corrected chi connectivity index (χ3v) is 3.98. The van der Waals surface area contributed by atoms with Gasteiger partial charge in [-0.05, 0) is 30.7 Å². The number of hydrogen-bond acceptors (Lipinski definition) is 1. The van der Waals surface area contributed by atoms with E-state index in [9.17, 15) is 4.79 Å². The zero-order valence-electron chi connectivity index (χ0n) is 12.6. The van der Waals surface area contributed by atoms with Gasteiger partial charge in [0.2, 0.25) is 0 Å². The highest BCUT2D eigenvalue weighted by atomic mass is 16.2. The fourth-order valence-corrected chi connectivity index (χ4v) is 2.66. The Balaban J connectivity index is 1.89. The van der Waals surface area contributed by atoms with Gasteiger partial charge in [0.05, 0.1) is 6.54 Å². The summed E-state index contributed by atoms with van der Waals surface area (Å²) in [6.45, 7) is 2.58. The first-order valence-electron chi connectivity index (χ1n) is 7.01. The number of hydrogen-bond donors (Lipinski definition) is 1. The van der Waals surface area contributed by atoms with Gasteiger partial charge in [-0.2, -0.15) is 0 Å². The average molecular weight is 281 g/mol. The van der Waals surface area contributed by atoms with Crippen molar-refractivity contribution in [3.8, 4) is 0 Å². The van der Waals surface area contributed by atoms with E-state index in [1.165, 1.54) is 0 Å². The number of carbonyl (C=O) groups is 1. The molecule has 0 spiro atoms. The summed E-state index contributed by atoms with van der Waals surface area (Å²) in [5, 5.41) is 1.10. The first-order valence-corrected chi connectivity index (χ1v) is 7.01. The van der Waals surface area contributed by atoms with Gasteiger partial charge in [0.15, 0.2) is 0 Å². The summed E-state index contributed by atoms with van der Waals surface area (Å²) < 4.78 is 2.03. The first kappa shape index (κ1) is 13.5. The van der Waals surface area contributed by atoms with Gasteiger partial charge in [-0.3, -0.25) is 4.79 Å². The van der Waals surface area contributed by atoms with Crippen LogP contribution in [0.4, 0.5) is 0 Å². The molecule has 0 bridgehead atoms. The van der Waals surface area contributed by atoms with Gasteiger partial charge >= 0.3 is 0 Å². The number of benzene rings is 1. The molecule has 0 aliphatic carbocycles. The van der Waals surface area contributed by atoms with Crippen LogP contribution in [0, 0.1) is 6.92 Å². The molecule has 0 atom stereocenters. The van der Waals surface area contributed by atoms with Crippen molar-refractivity contribution in [2.24, 2.45) is 7.05 Å². The van der Waals surface area contributed by atoms with E-state index >= 15 is 0 Å². The van der Waals surface area contributed by atoms with Gasteiger partial charge < -0.3 is 14.5 Å². The Hall–Kier alpha value is -2.49. The van der Waals surface area contributed by atoms with Crippen molar-refractivity contribution in [2.45, 2.75) is 13.5 Å². The van der Waals surface area contributed by atoms with Crippen molar-refractivity contribution in [2.75, 3.05) is 7.05 Å². The molecule has 0 aliphatic heterocycles. The van der Waals surface area contributed by atoms with E-state index in [2.05, 4.69) is 4.98 Å². The Bertz CT molecular complexity index is 797. The molecule has 4 nitrogen and oxygen atoms in total. The highest BCUT2D eigenvalue weighted by Gasteiger charge is 2.18. The number of carbonyl (C=O) groups excluding carboxylic acids is 1. The number of rotatable bonds is 3. The van der Waals surface area contributed by atoms with Gasteiger partial charge in [0, 0.05) is 36.9 Å². The highest BCUT2D eigenvalue weighted by molar-refractivity contribution is 6.00. The molecule has 3 aromatic rings. The fraction of sp³-hybridized carbons (Fsp3) is 0.235. The van der Waals surface area contributed by atoms with Crippen molar-refractivity contribution in [1.82, 2.24) is 14.5 Å². The Morgan fingerprint density at radius 3 is 2.67 bits per heavy atom. The maximum absolute atomic E-state index is 12.7. The van der Waals surface area contributed by atoms with Crippen molar-refractivity contribution in [3.63, 3.8) is 0 Å². The number of nitrogens with one attached hydrogen (secondary N) is 1. The number of aromatic amines is 1. The number of para-hydroxylation sites is 1. The van der Waals surface area contributed by atoms with Crippen LogP contribution in [-0.4, -0.2) is 27.4 Å². The summed E-state index contributed by atoms with van der Waals surface area (Å²) in [6.07, 6.45) is 1.99. The van der Waals surface area contributed by atoms with E-state index in [-0.39, 0.29) is 5.91 Å². The van der Waals surface area contributed by atoms with Gasteiger partial charge in [-0.15, -0.1) is 0 Å². The summed E-state index contributed by atoms with van der Waals surface area (Å²) in [7, 11) is 3.82. The summed E-state index contributed by atoms with van der Waals surface area (Å²) in [5.74, 6) is 0.0184. The van der Waals surface area contributed by atoms with Crippen molar-refractivity contribution in [1.29, 1.82) is 0 Å². The standard InChI is InChI=1S/C17H19N3O/c1-12-14-8-4-5-9-15(14)18-16(12)17(21)20(3)11-13-7-6-10-19(13)2/h4-10,18H,11H2,1-3H3. The zero-order chi connectivity index (χ0) is 15.0. The topological polar surface area (TPSA) is 41.0 Å². The minimum absolute atomic E-state index is 0.0184. The minimum atomic E-state index is 0.0184. The third-order valence-electron chi connectivity index (χ3n) is 3.98. The summed E-state index contributed by atoms with van der Waals surface area (Å²) in [6, 6.07) is 12.0. The Morgan fingerprint density at radius 2 is 2.00 bits per heavy atom. The lowest BCUT2D eigenvalue weighted by Crippen LogP contribution is -2.27. The van der Waals surface area contributed by atoms with Gasteiger partial charge in [0.1, 0.15) is 5.69 Å². The monoisotopic (exact) mass is 281 g/mol. The van der Waals surface area contributed by atoms with Crippen LogP contribution in [0.2, 0.25) is 0 Å². The van der Waals surface area contributed by atoms with Gasteiger partial charge in [-0.25, -0.2) is 0 Å². The van der Waals surface area contributed by atoms with Crippen LogP contribution in [0.3, 0.4) is 0 Å². The molecule has 2 heterocycles. The molecule has 0 saturated carbocycles. The van der Waals surface area contributed by atoms with Crippen LogP contribution < -0.4 is 0 Å². The molecular formula is C17H19N3O. The molecule has 0 fully saturated rings. The van der Waals surface area contributed by atoms with Crippen LogP contribution in [0.25, 0.3) is 10.9 Å². The van der Waals surface area contributed by atoms with Crippen LogP contribution in [0.1, 0.15) is 21.7 Å². The third kappa shape index (κ3) is 2.33. The molecule has 1 amide bonds. The molecule has 4 heteroatoms. The van der Waals surface area contributed by atoms with E-state index in [0.29, 0.717) is 12.2 Å². The number of amides is 1. The maximum Gasteiger partial charge on any atom is 0.270 e. The zero-order valence-corrected chi connectivity index (χ0v) is 12.6. The molecule has 1 N–H and O–H groups in total. The average Bonchev–Trinajstić information content (AvgIpc) is 3.03. The summed E-state index contributed by atoms with van der Waals surface area (Å²) in [5.41, 5.74) is 3.80. The fourth-order valence-electron chi connectivity index (χ4n) is 2.66. The summed E-state index contributed by atoms with van der Waals surface area (Å²) >= 11 is 0. The molecule has 0 radical (unpaired) electrons. The smallest absolute Gasteiger partial charge is 0.270 e. The molecule has 108 valence electrons. The quantitative estimate of drug-likeness (QED) is 0.787. The van der Waals surface area contributed by atoms with Gasteiger partial charge in [-0.1, -0.05) is 18.2 Å². The lowest BCUT2D eigenvalue weighted by molar-refractivity contribution is 0.0777. The van der Waals surface area contributed by atoms with Crippen molar-refractivity contribution >= 4 is 16.8 Å². The van der Waals surface area contributed by atoms with Crippen LogP contribution >= 0.6 is 0 Å². The van der Waals surface area contributed by atoms with Gasteiger partial charge in [0.25, 0.3) is 5.91 Å². The predicted molar refractivity (Wildman–Crippen MR) is 84.2 cm³/mol. The maximum atomic E-state index is 12.7. The number of H-pyrrole nitrogens is 1. The molecule has 0 unspecified atom stereocenters. The number of fused-ring (bicyclic) bond motifs is 1. The second-order valence-corrected chi connectivity index (χ2v) is 5.44. The first-order chi connectivity index (χ1) is 10.1. The minimum Gasteiger partial charge on any atom is -0.353 e. The Morgan fingerprint density at radius 1 is 1.24 bits per heavy atom. The Labute approximate surface area is 124 Å². The lowest BCUT2D eigenvalue weighted by Gasteiger charge is -2.17. The van der Waals surface area contributed by atoms with Crippen molar-refractivity contribution in [3.05, 3.63) is 59.5 Å². The van der Waals surface area contributed by atoms with E-state index in [0.717, 1.165) is 22.2 Å². The highest BCUT2D eigenvalue weighted by Crippen LogP contribution is 2.22. The number of aryl methyl sites for hydroxylation is 2. The molecule has 3 rings (SSSR count). The normalized spacial score (nSPS) is 11.0. The molecule has 1 aromatic carbocycles. The molecule has 0 saturated heterocycles. The Kier molecular flexibility index (Phi) is 3.29. The van der Waals surface area contributed by atoms with Crippen LogP contribution in [0.15, 0.2) is 42.6 Å².